The number of pyridine rings is 2. The first-order chi connectivity index (χ1) is 18.1. The summed E-state index contributed by atoms with van der Waals surface area (Å²) in [6.45, 7) is 6.18. The molecule has 0 unspecified atom stereocenters. The molecule has 0 bridgehead atoms. The number of thiophene rings is 1. The van der Waals surface area contributed by atoms with Crippen LogP contribution in [0.2, 0.25) is 0 Å². The van der Waals surface area contributed by atoms with Crippen LogP contribution in [0.15, 0.2) is 95.0 Å². The Labute approximate surface area is 239 Å². The van der Waals surface area contributed by atoms with E-state index in [0.717, 1.165) is 50.0 Å². The van der Waals surface area contributed by atoms with Gasteiger partial charge in [0.2, 0.25) is 0 Å². The Morgan fingerprint density at radius 3 is 2.42 bits per heavy atom. The van der Waals surface area contributed by atoms with Crippen molar-refractivity contribution < 1.29 is 24.5 Å². The fraction of sp³-hybridized carbons (Fsp3) is 0.0909. The van der Waals surface area contributed by atoms with Gasteiger partial charge >= 0.3 is 0 Å². The van der Waals surface area contributed by atoms with Crippen molar-refractivity contribution >= 4 is 43.4 Å². The molecule has 7 rings (SSSR count). The maximum atomic E-state index is 6.34. The molecular formula is C33H24IrN2OS-2. The molecule has 3 nitrogen and oxygen atoms in total. The monoisotopic (exact) mass is 689 g/mol. The van der Waals surface area contributed by atoms with Crippen LogP contribution in [0, 0.1) is 32.9 Å². The van der Waals surface area contributed by atoms with E-state index in [0.29, 0.717) is 0 Å². The van der Waals surface area contributed by atoms with Crippen LogP contribution in [-0.4, -0.2) is 9.97 Å². The summed E-state index contributed by atoms with van der Waals surface area (Å²) in [5.41, 5.74) is 9.14. The topological polar surface area (TPSA) is 38.9 Å². The summed E-state index contributed by atoms with van der Waals surface area (Å²) in [5, 5.41) is 5.57. The number of hydrogen-bond donors (Lipinski definition) is 0. The number of nitrogens with zero attached hydrogens (tertiary/aromatic N) is 2. The minimum absolute atomic E-state index is 0. The van der Waals surface area contributed by atoms with Crippen LogP contribution in [0.5, 0.6) is 0 Å². The van der Waals surface area contributed by atoms with E-state index >= 15 is 0 Å². The Hall–Kier alpha value is -3.63. The molecule has 0 aliphatic carbocycles. The molecule has 0 amide bonds. The number of aromatic nitrogens is 2. The van der Waals surface area contributed by atoms with E-state index in [1.807, 2.05) is 55.7 Å². The van der Waals surface area contributed by atoms with Gasteiger partial charge in [-0.2, -0.15) is 0 Å². The molecule has 4 heterocycles. The van der Waals surface area contributed by atoms with Crippen LogP contribution in [0.4, 0.5) is 0 Å². The van der Waals surface area contributed by atoms with Crippen molar-refractivity contribution in [3.8, 4) is 22.5 Å². The van der Waals surface area contributed by atoms with Crippen molar-refractivity contribution in [2.75, 3.05) is 0 Å². The van der Waals surface area contributed by atoms with Crippen LogP contribution in [0.1, 0.15) is 16.7 Å². The summed E-state index contributed by atoms with van der Waals surface area (Å²) in [5.74, 6) is 0. The molecule has 0 N–H and O–H groups in total. The maximum absolute atomic E-state index is 6.34. The number of benzene rings is 3. The quantitative estimate of drug-likeness (QED) is 0.170. The number of furan rings is 1. The van der Waals surface area contributed by atoms with Crippen LogP contribution < -0.4 is 0 Å². The zero-order valence-electron chi connectivity index (χ0n) is 21.2. The molecule has 0 spiro atoms. The van der Waals surface area contributed by atoms with Crippen molar-refractivity contribution in [3.05, 3.63) is 119 Å². The summed E-state index contributed by atoms with van der Waals surface area (Å²) in [7, 11) is 0. The third-order valence-corrected chi connectivity index (χ3v) is 7.18. The second-order valence-corrected chi connectivity index (χ2v) is 10.1. The minimum Gasteiger partial charge on any atom is -0.500 e. The molecule has 5 heteroatoms. The number of aryl methyl sites for hydroxylation is 3. The zero-order valence-corrected chi connectivity index (χ0v) is 24.4. The summed E-state index contributed by atoms with van der Waals surface area (Å²) in [6.07, 6.45) is 3.71. The molecule has 189 valence electrons. The third-order valence-electron chi connectivity index (χ3n) is 6.30. The molecular weight excluding hydrogens is 665 g/mol. The average Bonchev–Trinajstić information content (AvgIpc) is 3.54. The molecule has 7 aromatic rings. The summed E-state index contributed by atoms with van der Waals surface area (Å²) in [6, 6.07) is 31.2. The van der Waals surface area contributed by atoms with Gasteiger partial charge in [-0.3, -0.25) is 0 Å². The minimum atomic E-state index is 0. The Bertz CT molecular complexity index is 1850. The average molecular weight is 689 g/mol. The molecule has 0 saturated carbocycles. The van der Waals surface area contributed by atoms with Crippen molar-refractivity contribution in [2.45, 2.75) is 20.8 Å². The van der Waals surface area contributed by atoms with E-state index < -0.39 is 0 Å². The van der Waals surface area contributed by atoms with Gasteiger partial charge in [0, 0.05) is 48.0 Å². The molecule has 0 aliphatic rings. The molecule has 38 heavy (non-hydrogen) atoms. The number of rotatable bonds is 2. The van der Waals surface area contributed by atoms with Gasteiger partial charge in [-0.1, -0.05) is 47.7 Å². The van der Waals surface area contributed by atoms with E-state index in [2.05, 4.69) is 77.7 Å². The normalized spacial score (nSPS) is 10.8. The predicted molar refractivity (Wildman–Crippen MR) is 154 cm³/mol. The fourth-order valence-corrected chi connectivity index (χ4v) is 5.27. The molecule has 0 atom stereocenters. The largest absolute Gasteiger partial charge is 0.500 e. The SMILES string of the molecule is Cc1[c-]c(-c2cc(C)ccn2)c2oc3c4ccsc4ccc3c2c1.Cc1ccc(-c2[c-]cccc2)nc1.[Ir]. The molecule has 4 aromatic heterocycles. The van der Waals surface area contributed by atoms with Gasteiger partial charge in [0.05, 0.1) is 5.58 Å². The van der Waals surface area contributed by atoms with Gasteiger partial charge in [0.1, 0.15) is 5.58 Å². The van der Waals surface area contributed by atoms with Gasteiger partial charge in [-0.25, -0.2) is 0 Å². The Balaban J connectivity index is 0.000000179. The van der Waals surface area contributed by atoms with E-state index in [1.54, 1.807) is 11.3 Å². The molecule has 0 saturated heterocycles. The van der Waals surface area contributed by atoms with Gasteiger partial charge in [0.15, 0.2) is 0 Å². The van der Waals surface area contributed by atoms with E-state index in [4.69, 9.17) is 4.42 Å². The first kappa shape index (κ1) is 26.0. The third kappa shape index (κ3) is 5.06. The summed E-state index contributed by atoms with van der Waals surface area (Å²) in [4.78, 5) is 8.85. The Kier molecular flexibility index (Phi) is 7.53. The van der Waals surface area contributed by atoms with Crippen LogP contribution in [0.3, 0.4) is 0 Å². The zero-order chi connectivity index (χ0) is 25.4. The fourth-order valence-electron chi connectivity index (χ4n) is 4.49. The molecule has 3 aromatic carbocycles. The smallest absolute Gasteiger partial charge is 0.129 e. The maximum Gasteiger partial charge on any atom is 0.129 e. The summed E-state index contributed by atoms with van der Waals surface area (Å²) >= 11 is 1.74. The van der Waals surface area contributed by atoms with E-state index in [9.17, 15) is 0 Å². The van der Waals surface area contributed by atoms with Crippen molar-refractivity contribution in [1.29, 1.82) is 0 Å². The molecule has 0 fully saturated rings. The number of fused-ring (bicyclic) bond motifs is 5. The second-order valence-electron chi connectivity index (χ2n) is 9.16. The molecule has 1 radical (unpaired) electrons. The Morgan fingerprint density at radius 2 is 1.66 bits per heavy atom. The predicted octanol–water partition coefficient (Wildman–Crippen LogP) is 9.13. The van der Waals surface area contributed by atoms with Crippen molar-refractivity contribution in [2.24, 2.45) is 0 Å². The van der Waals surface area contributed by atoms with E-state index in [-0.39, 0.29) is 20.1 Å². The molecule has 0 aliphatic heterocycles. The first-order valence-corrected chi connectivity index (χ1v) is 13.0. The van der Waals surface area contributed by atoms with Gasteiger partial charge < -0.3 is 14.4 Å². The van der Waals surface area contributed by atoms with Crippen LogP contribution >= 0.6 is 11.3 Å². The van der Waals surface area contributed by atoms with Crippen molar-refractivity contribution in [3.63, 3.8) is 0 Å². The van der Waals surface area contributed by atoms with Gasteiger partial charge in [0.25, 0.3) is 0 Å². The first-order valence-electron chi connectivity index (χ1n) is 12.1. The summed E-state index contributed by atoms with van der Waals surface area (Å²) < 4.78 is 7.59. The van der Waals surface area contributed by atoms with Gasteiger partial charge in [-0.15, -0.1) is 64.9 Å². The Morgan fingerprint density at radius 1 is 0.763 bits per heavy atom. The van der Waals surface area contributed by atoms with Crippen LogP contribution in [0.25, 0.3) is 54.5 Å². The van der Waals surface area contributed by atoms with Crippen molar-refractivity contribution in [1.82, 2.24) is 9.97 Å². The second kappa shape index (κ2) is 11.0. The van der Waals surface area contributed by atoms with Gasteiger partial charge in [-0.05, 0) is 54.4 Å². The number of hydrogen-bond acceptors (Lipinski definition) is 4. The van der Waals surface area contributed by atoms with Crippen LogP contribution in [-0.2, 0) is 20.1 Å². The van der Waals surface area contributed by atoms with E-state index in [1.165, 1.54) is 21.2 Å². The standard InChI is InChI=1S/C21H14NOS.C12H10N.Ir/c1-12-5-7-22-18(11-12)17-10-13(2)9-16-14-3-4-19-15(6-8-24-19)20(14)23-21(16)17;1-10-7-8-12(13-9-10)11-5-3-2-4-6-11;/h3-9,11H,1-2H3;2-5,7-9H,1H3;/q2*-1;.